The second-order valence-electron chi connectivity index (χ2n) is 5.51. The van der Waals surface area contributed by atoms with Gasteiger partial charge in [-0.05, 0) is 36.2 Å². The van der Waals surface area contributed by atoms with Gasteiger partial charge in [0, 0.05) is 23.5 Å². The molecule has 2 aromatic heterocycles. The zero-order valence-corrected chi connectivity index (χ0v) is 13.9. The van der Waals surface area contributed by atoms with Crippen LogP contribution >= 0.6 is 11.9 Å². The average molecular weight is 339 g/mol. The SMILES string of the molecule is NSc1cccc(-c2ccc3ncnc(N4CCOCC4)c3n2)c1. The molecule has 1 aromatic carbocycles. The summed E-state index contributed by atoms with van der Waals surface area (Å²) in [5.41, 5.74) is 3.59. The van der Waals surface area contributed by atoms with Crippen molar-refractivity contribution in [3.05, 3.63) is 42.7 Å². The molecule has 0 unspecified atom stereocenters. The molecule has 0 saturated carbocycles. The molecular formula is C17H17N5OS. The van der Waals surface area contributed by atoms with E-state index in [0.717, 1.165) is 46.1 Å². The normalized spacial score (nSPS) is 15.0. The van der Waals surface area contributed by atoms with Crippen LogP contribution in [0.4, 0.5) is 5.82 Å². The lowest BCUT2D eigenvalue weighted by Crippen LogP contribution is -2.37. The van der Waals surface area contributed by atoms with Gasteiger partial charge in [-0.2, -0.15) is 0 Å². The molecule has 1 aliphatic rings. The highest BCUT2D eigenvalue weighted by Crippen LogP contribution is 2.27. The van der Waals surface area contributed by atoms with Gasteiger partial charge in [0.1, 0.15) is 11.8 Å². The first-order valence-corrected chi connectivity index (χ1v) is 8.65. The number of rotatable bonds is 3. The third-order valence-electron chi connectivity index (χ3n) is 4.04. The molecule has 24 heavy (non-hydrogen) atoms. The lowest BCUT2D eigenvalue weighted by Gasteiger charge is -2.28. The van der Waals surface area contributed by atoms with E-state index in [1.807, 2.05) is 36.4 Å². The van der Waals surface area contributed by atoms with Crippen LogP contribution in [0.25, 0.3) is 22.3 Å². The molecule has 0 spiro atoms. The topological polar surface area (TPSA) is 77.2 Å². The van der Waals surface area contributed by atoms with Crippen molar-refractivity contribution in [3.8, 4) is 11.3 Å². The Labute approximate surface area is 144 Å². The fourth-order valence-corrected chi connectivity index (χ4v) is 3.18. The third kappa shape index (κ3) is 2.93. The maximum absolute atomic E-state index is 5.67. The van der Waals surface area contributed by atoms with Crippen LogP contribution in [0.15, 0.2) is 47.6 Å². The standard InChI is InChI=1S/C17H17N5OS/c18-24-13-3-1-2-12(10-13)14-4-5-15-16(21-14)17(20-11-19-15)22-6-8-23-9-7-22/h1-5,10-11H,6-9,18H2. The van der Waals surface area contributed by atoms with Gasteiger partial charge in [0.25, 0.3) is 0 Å². The highest BCUT2D eigenvalue weighted by molar-refractivity contribution is 7.97. The van der Waals surface area contributed by atoms with Gasteiger partial charge in [0.2, 0.25) is 0 Å². The number of fused-ring (bicyclic) bond motifs is 1. The summed E-state index contributed by atoms with van der Waals surface area (Å²) in [7, 11) is 0. The number of hydrogen-bond acceptors (Lipinski definition) is 7. The molecule has 2 N–H and O–H groups in total. The second-order valence-corrected chi connectivity index (χ2v) is 6.21. The molecule has 4 rings (SSSR count). The van der Waals surface area contributed by atoms with Crippen molar-refractivity contribution in [2.45, 2.75) is 4.90 Å². The molecule has 0 amide bonds. The average Bonchev–Trinajstić information content (AvgIpc) is 2.68. The van der Waals surface area contributed by atoms with E-state index in [1.165, 1.54) is 11.9 Å². The summed E-state index contributed by atoms with van der Waals surface area (Å²) in [5.74, 6) is 0.870. The van der Waals surface area contributed by atoms with Gasteiger partial charge in [-0.15, -0.1) is 0 Å². The van der Waals surface area contributed by atoms with Gasteiger partial charge in [0.05, 0.1) is 24.4 Å². The van der Waals surface area contributed by atoms with Crippen LogP contribution in [0.3, 0.4) is 0 Å². The predicted octanol–water partition coefficient (Wildman–Crippen LogP) is 2.49. The summed E-state index contributed by atoms with van der Waals surface area (Å²) >= 11 is 1.23. The maximum atomic E-state index is 5.67. The van der Waals surface area contributed by atoms with Crippen molar-refractivity contribution in [2.24, 2.45) is 5.14 Å². The van der Waals surface area contributed by atoms with Crippen LogP contribution in [0.1, 0.15) is 0 Å². The molecule has 3 aromatic rings. The van der Waals surface area contributed by atoms with E-state index >= 15 is 0 Å². The largest absolute Gasteiger partial charge is 0.378 e. The molecular weight excluding hydrogens is 322 g/mol. The number of morpholine rings is 1. The summed E-state index contributed by atoms with van der Waals surface area (Å²) in [6.07, 6.45) is 1.60. The highest BCUT2D eigenvalue weighted by Gasteiger charge is 2.17. The molecule has 7 heteroatoms. The first kappa shape index (κ1) is 15.3. The Morgan fingerprint density at radius 1 is 1.08 bits per heavy atom. The Bertz CT molecular complexity index is 866. The summed E-state index contributed by atoms with van der Waals surface area (Å²) < 4.78 is 5.43. The number of benzene rings is 1. The molecule has 1 fully saturated rings. The van der Waals surface area contributed by atoms with Crippen LogP contribution in [0, 0.1) is 0 Å². The Balaban J connectivity index is 1.81. The van der Waals surface area contributed by atoms with E-state index < -0.39 is 0 Å². The smallest absolute Gasteiger partial charge is 0.158 e. The van der Waals surface area contributed by atoms with Crippen LogP contribution in [-0.4, -0.2) is 41.3 Å². The predicted molar refractivity (Wildman–Crippen MR) is 95.8 cm³/mol. The number of nitrogens with two attached hydrogens (primary N) is 1. The molecule has 1 aliphatic heterocycles. The molecule has 0 aliphatic carbocycles. The van der Waals surface area contributed by atoms with Crippen molar-refractivity contribution in [1.82, 2.24) is 15.0 Å². The van der Waals surface area contributed by atoms with Crippen molar-refractivity contribution in [1.29, 1.82) is 0 Å². The second kappa shape index (κ2) is 6.72. The Hall–Kier alpha value is -2.22. The third-order valence-corrected chi connectivity index (χ3v) is 4.57. The maximum Gasteiger partial charge on any atom is 0.158 e. The lowest BCUT2D eigenvalue weighted by atomic mass is 10.1. The number of ether oxygens (including phenoxy) is 1. The number of anilines is 1. The Morgan fingerprint density at radius 2 is 1.96 bits per heavy atom. The molecule has 0 bridgehead atoms. The lowest BCUT2D eigenvalue weighted by molar-refractivity contribution is 0.122. The van der Waals surface area contributed by atoms with Gasteiger partial charge < -0.3 is 9.64 Å². The molecule has 6 nitrogen and oxygen atoms in total. The molecule has 3 heterocycles. The van der Waals surface area contributed by atoms with Gasteiger partial charge in [-0.1, -0.05) is 12.1 Å². The van der Waals surface area contributed by atoms with E-state index in [2.05, 4.69) is 14.9 Å². The van der Waals surface area contributed by atoms with Crippen molar-refractivity contribution >= 4 is 28.8 Å². The zero-order valence-electron chi connectivity index (χ0n) is 13.1. The number of aromatic nitrogens is 3. The Kier molecular flexibility index (Phi) is 4.29. The molecule has 1 saturated heterocycles. The van der Waals surface area contributed by atoms with Crippen molar-refractivity contribution in [3.63, 3.8) is 0 Å². The Morgan fingerprint density at radius 3 is 2.79 bits per heavy atom. The first-order chi connectivity index (χ1) is 11.8. The number of hydrogen-bond donors (Lipinski definition) is 1. The zero-order chi connectivity index (χ0) is 16.4. The van der Waals surface area contributed by atoms with Gasteiger partial charge in [0.15, 0.2) is 5.82 Å². The summed E-state index contributed by atoms with van der Waals surface area (Å²) in [6, 6.07) is 12.0. The van der Waals surface area contributed by atoms with Crippen LogP contribution in [0.5, 0.6) is 0 Å². The summed E-state index contributed by atoms with van der Waals surface area (Å²) in [6.45, 7) is 3.05. The monoisotopic (exact) mass is 339 g/mol. The van der Waals surface area contributed by atoms with Crippen LogP contribution in [0.2, 0.25) is 0 Å². The van der Waals surface area contributed by atoms with E-state index in [4.69, 9.17) is 14.9 Å². The number of pyridine rings is 1. The van der Waals surface area contributed by atoms with Gasteiger partial charge in [-0.25, -0.2) is 15.0 Å². The van der Waals surface area contributed by atoms with Gasteiger partial charge in [-0.3, -0.25) is 5.14 Å². The fraction of sp³-hybridized carbons (Fsp3) is 0.235. The van der Waals surface area contributed by atoms with E-state index in [9.17, 15) is 0 Å². The number of nitrogens with zero attached hydrogens (tertiary/aromatic N) is 4. The molecule has 0 radical (unpaired) electrons. The minimum Gasteiger partial charge on any atom is -0.378 e. The van der Waals surface area contributed by atoms with E-state index in [0.29, 0.717) is 13.2 Å². The van der Waals surface area contributed by atoms with Gasteiger partial charge >= 0.3 is 0 Å². The summed E-state index contributed by atoms with van der Waals surface area (Å²) in [4.78, 5) is 16.9. The first-order valence-electron chi connectivity index (χ1n) is 7.77. The van der Waals surface area contributed by atoms with Crippen LogP contribution < -0.4 is 10.0 Å². The minimum atomic E-state index is 0.709. The van der Waals surface area contributed by atoms with Crippen molar-refractivity contribution < 1.29 is 4.74 Å². The highest BCUT2D eigenvalue weighted by atomic mass is 32.2. The summed E-state index contributed by atoms with van der Waals surface area (Å²) in [5, 5.41) is 5.67. The molecule has 0 atom stereocenters. The van der Waals surface area contributed by atoms with E-state index in [-0.39, 0.29) is 0 Å². The fourth-order valence-electron chi connectivity index (χ4n) is 2.82. The van der Waals surface area contributed by atoms with Crippen molar-refractivity contribution in [2.75, 3.05) is 31.2 Å². The van der Waals surface area contributed by atoms with E-state index in [1.54, 1.807) is 6.33 Å². The quantitative estimate of drug-likeness (QED) is 0.735. The van der Waals surface area contributed by atoms with Crippen LogP contribution in [-0.2, 0) is 4.74 Å². The minimum absolute atomic E-state index is 0.709. The molecule has 122 valence electrons.